The van der Waals surface area contributed by atoms with Crippen LogP contribution in [-0.4, -0.2) is 6.54 Å². The molecule has 1 heterocycles. The number of aryl methyl sites for hydroxylation is 2. The highest BCUT2D eigenvalue weighted by Gasteiger charge is 2.23. The van der Waals surface area contributed by atoms with E-state index < -0.39 is 0 Å². The van der Waals surface area contributed by atoms with Gasteiger partial charge in [-0.1, -0.05) is 24.6 Å². The minimum absolute atomic E-state index is 0.295. The second-order valence-electron chi connectivity index (χ2n) is 4.49. The van der Waals surface area contributed by atoms with E-state index >= 15 is 0 Å². The average molecular weight is 282 g/mol. The molecule has 102 valence electrons. The Morgan fingerprint density at radius 1 is 1.37 bits per heavy atom. The highest BCUT2D eigenvalue weighted by molar-refractivity contribution is 6.31. The lowest BCUT2D eigenvalue weighted by Crippen LogP contribution is -2.23. The normalized spacial score (nSPS) is 12.7. The molecule has 2 rings (SSSR count). The molecular weight excluding hydrogens is 265 g/mol. The van der Waals surface area contributed by atoms with E-state index in [1.807, 2.05) is 26.8 Å². The number of halogens is 2. The van der Waals surface area contributed by atoms with Gasteiger partial charge in [0.05, 0.1) is 6.04 Å². The number of nitrogens with one attached hydrogen (secondary N) is 1. The fraction of sp³-hybridized carbons (Fsp3) is 0.333. The first kappa shape index (κ1) is 14.1. The standard InChI is InChI=1S/C15H17ClFNO/c1-4-18-15(11-8-9(2)19-10(11)3)14-12(16)6-5-7-13(14)17/h5-8,15,18H,4H2,1-3H3. The van der Waals surface area contributed by atoms with Gasteiger partial charge in [-0.2, -0.15) is 0 Å². The Balaban J connectivity index is 2.54. The van der Waals surface area contributed by atoms with Crippen molar-refractivity contribution in [3.8, 4) is 0 Å². The van der Waals surface area contributed by atoms with E-state index in [1.54, 1.807) is 12.1 Å². The van der Waals surface area contributed by atoms with Crippen molar-refractivity contribution < 1.29 is 8.81 Å². The smallest absolute Gasteiger partial charge is 0.129 e. The van der Waals surface area contributed by atoms with Crippen LogP contribution in [0.3, 0.4) is 0 Å². The maximum Gasteiger partial charge on any atom is 0.129 e. The van der Waals surface area contributed by atoms with Crippen LogP contribution in [0.1, 0.15) is 35.6 Å². The van der Waals surface area contributed by atoms with Crippen LogP contribution in [-0.2, 0) is 0 Å². The predicted octanol–water partition coefficient (Wildman–Crippen LogP) is 4.39. The van der Waals surface area contributed by atoms with Crippen LogP contribution in [0.25, 0.3) is 0 Å². The van der Waals surface area contributed by atoms with Gasteiger partial charge in [0, 0.05) is 16.1 Å². The highest BCUT2D eigenvalue weighted by atomic mass is 35.5. The molecule has 2 nitrogen and oxygen atoms in total. The van der Waals surface area contributed by atoms with Gasteiger partial charge in [0.15, 0.2) is 0 Å². The molecule has 0 radical (unpaired) electrons. The molecule has 0 bridgehead atoms. The molecule has 0 spiro atoms. The molecule has 1 atom stereocenters. The van der Waals surface area contributed by atoms with Gasteiger partial charge in [-0.25, -0.2) is 4.39 Å². The maximum atomic E-state index is 14.1. The number of benzene rings is 1. The molecular formula is C15H17ClFNO. The first-order valence-electron chi connectivity index (χ1n) is 6.28. The van der Waals surface area contributed by atoms with E-state index in [9.17, 15) is 4.39 Å². The lowest BCUT2D eigenvalue weighted by Gasteiger charge is -2.19. The Kier molecular flexibility index (Phi) is 4.27. The second-order valence-corrected chi connectivity index (χ2v) is 4.90. The Morgan fingerprint density at radius 3 is 2.63 bits per heavy atom. The molecule has 1 unspecified atom stereocenters. The number of rotatable bonds is 4. The van der Waals surface area contributed by atoms with Gasteiger partial charge in [0.2, 0.25) is 0 Å². The monoisotopic (exact) mass is 281 g/mol. The number of furan rings is 1. The third kappa shape index (κ3) is 2.82. The van der Waals surface area contributed by atoms with Crippen molar-refractivity contribution in [2.45, 2.75) is 26.8 Å². The van der Waals surface area contributed by atoms with Crippen LogP contribution in [0.15, 0.2) is 28.7 Å². The molecule has 0 saturated heterocycles. The van der Waals surface area contributed by atoms with E-state index in [0.717, 1.165) is 17.1 Å². The third-order valence-electron chi connectivity index (χ3n) is 3.09. The largest absolute Gasteiger partial charge is 0.466 e. The fourth-order valence-electron chi connectivity index (χ4n) is 2.30. The van der Waals surface area contributed by atoms with Crippen LogP contribution in [0.5, 0.6) is 0 Å². The van der Waals surface area contributed by atoms with Crippen LogP contribution >= 0.6 is 11.6 Å². The molecule has 0 fully saturated rings. The van der Waals surface area contributed by atoms with Crippen LogP contribution in [0.2, 0.25) is 5.02 Å². The van der Waals surface area contributed by atoms with Crippen molar-refractivity contribution in [2.75, 3.05) is 6.54 Å². The minimum atomic E-state index is -0.309. The zero-order valence-electron chi connectivity index (χ0n) is 11.3. The van der Waals surface area contributed by atoms with Crippen LogP contribution in [0, 0.1) is 19.7 Å². The summed E-state index contributed by atoms with van der Waals surface area (Å²) in [6.07, 6.45) is 0. The molecule has 4 heteroatoms. The lowest BCUT2D eigenvalue weighted by atomic mass is 9.98. The highest BCUT2D eigenvalue weighted by Crippen LogP contribution is 2.33. The molecule has 19 heavy (non-hydrogen) atoms. The summed E-state index contributed by atoms with van der Waals surface area (Å²) in [6.45, 7) is 6.44. The molecule has 1 aromatic heterocycles. The van der Waals surface area contributed by atoms with Gasteiger partial charge < -0.3 is 9.73 Å². The fourth-order valence-corrected chi connectivity index (χ4v) is 2.57. The zero-order valence-corrected chi connectivity index (χ0v) is 12.0. The summed E-state index contributed by atoms with van der Waals surface area (Å²) in [5.74, 6) is 1.28. The molecule has 0 saturated carbocycles. The van der Waals surface area contributed by atoms with Gasteiger partial charge in [-0.15, -0.1) is 0 Å². The molecule has 0 aliphatic carbocycles. The third-order valence-corrected chi connectivity index (χ3v) is 3.42. The van der Waals surface area contributed by atoms with Crippen molar-refractivity contribution in [2.24, 2.45) is 0 Å². The zero-order chi connectivity index (χ0) is 14.0. The van der Waals surface area contributed by atoms with E-state index in [0.29, 0.717) is 17.1 Å². The molecule has 0 amide bonds. The minimum Gasteiger partial charge on any atom is -0.466 e. The summed E-state index contributed by atoms with van der Waals surface area (Å²) in [6, 6.07) is 6.36. The molecule has 1 N–H and O–H groups in total. The van der Waals surface area contributed by atoms with Gasteiger partial charge >= 0.3 is 0 Å². The summed E-state index contributed by atoms with van der Waals surface area (Å²) in [7, 11) is 0. The summed E-state index contributed by atoms with van der Waals surface area (Å²) >= 11 is 6.16. The summed E-state index contributed by atoms with van der Waals surface area (Å²) < 4.78 is 19.6. The second kappa shape index (κ2) is 5.76. The Hall–Kier alpha value is -1.32. The van der Waals surface area contributed by atoms with Gasteiger partial charge in [0.25, 0.3) is 0 Å². The molecule has 1 aromatic carbocycles. The first-order chi connectivity index (χ1) is 9.04. The molecule has 2 aromatic rings. The van der Waals surface area contributed by atoms with Crippen molar-refractivity contribution >= 4 is 11.6 Å². The van der Waals surface area contributed by atoms with E-state index in [1.165, 1.54) is 6.07 Å². The number of hydrogen-bond donors (Lipinski definition) is 1. The van der Waals surface area contributed by atoms with Crippen molar-refractivity contribution in [3.05, 3.63) is 57.8 Å². The summed E-state index contributed by atoms with van der Waals surface area (Å²) in [5.41, 5.74) is 1.39. The summed E-state index contributed by atoms with van der Waals surface area (Å²) in [4.78, 5) is 0. The Labute approximate surface area is 117 Å². The van der Waals surface area contributed by atoms with E-state index in [2.05, 4.69) is 5.32 Å². The SMILES string of the molecule is CCNC(c1cc(C)oc1C)c1c(F)cccc1Cl. The Morgan fingerprint density at radius 2 is 2.11 bits per heavy atom. The van der Waals surface area contributed by atoms with Crippen LogP contribution in [0.4, 0.5) is 4.39 Å². The van der Waals surface area contributed by atoms with Gasteiger partial charge in [0.1, 0.15) is 17.3 Å². The van der Waals surface area contributed by atoms with E-state index in [4.69, 9.17) is 16.0 Å². The maximum absolute atomic E-state index is 14.1. The van der Waals surface area contributed by atoms with Crippen LogP contribution < -0.4 is 5.32 Å². The quantitative estimate of drug-likeness (QED) is 0.899. The first-order valence-corrected chi connectivity index (χ1v) is 6.66. The van der Waals surface area contributed by atoms with Gasteiger partial charge in [-0.05, 0) is 38.6 Å². The topological polar surface area (TPSA) is 25.2 Å². The molecule has 0 aliphatic rings. The van der Waals surface area contributed by atoms with Crippen molar-refractivity contribution in [3.63, 3.8) is 0 Å². The predicted molar refractivity (Wildman–Crippen MR) is 75.1 cm³/mol. The molecule has 0 aliphatic heterocycles. The lowest BCUT2D eigenvalue weighted by molar-refractivity contribution is 0.492. The van der Waals surface area contributed by atoms with Crippen molar-refractivity contribution in [1.82, 2.24) is 5.32 Å². The van der Waals surface area contributed by atoms with Gasteiger partial charge in [-0.3, -0.25) is 0 Å². The van der Waals surface area contributed by atoms with E-state index in [-0.39, 0.29) is 11.9 Å². The number of hydrogen-bond acceptors (Lipinski definition) is 2. The van der Waals surface area contributed by atoms with Crippen molar-refractivity contribution in [1.29, 1.82) is 0 Å². The summed E-state index contributed by atoms with van der Waals surface area (Å²) in [5, 5.41) is 3.69. The average Bonchev–Trinajstić information content (AvgIpc) is 2.67. The Bertz CT molecular complexity index is 559.